The molecule has 1 aromatic carbocycles. The molecule has 1 rings (SSSR count). The van der Waals surface area contributed by atoms with Crippen molar-refractivity contribution in [2.45, 2.75) is 71.1 Å². The SMILES string of the molecule is CCCCCCCCCCCCNC(=O)c1ccccc1C(=O)[O-].[Na+]. The summed E-state index contributed by atoms with van der Waals surface area (Å²) in [6.07, 6.45) is 12.4. The van der Waals surface area contributed by atoms with Crippen molar-refractivity contribution in [3.8, 4) is 0 Å². The first-order valence-electron chi connectivity index (χ1n) is 9.25. The maximum Gasteiger partial charge on any atom is 1.00 e. The van der Waals surface area contributed by atoms with Crippen molar-refractivity contribution in [3.05, 3.63) is 35.4 Å². The number of carboxylic acid groups (broad SMARTS) is 1. The molecule has 0 spiro atoms. The molecule has 1 amide bonds. The number of unbranched alkanes of at least 4 members (excludes halogenated alkanes) is 9. The quantitative estimate of drug-likeness (QED) is 0.418. The number of carbonyl (C=O) groups excluding carboxylic acids is 2. The molecule has 0 aromatic heterocycles. The standard InChI is InChI=1S/C20H31NO3.Na/c1-2-3-4-5-6-7-8-9-10-13-16-21-19(22)17-14-11-12-15-18(17)20(23)24;/h11-12,14-15H,2-10,13,16H2,1H3,(H,21,22)(H,23,24);/q;+1/p-1. The summed E-state index contributed by atoms with van der Waals surface area (Å²) in [5, 5.41) is 13.8. The normalized spacial score (nSPS) is 10.1. The van der Waals surface area contributed by atoms with Crippen LogP contribution in [0.1, 0.15) is 91.8 Å². The zero-order valence-corrected chi connectivity index (χ0v) is 17.8. The van der Waals surface area contributed by atoms with Crippen LogP contribution in [0.3, 0.4) is 0 Å². The number of amides is 1. The van der Waals surface area contributed by atoms with Crippen LogP contribution < -0.4 is 40.0 Å². The summed E-state index contributed by atoms with van der Waals surface area (Å²) in [4.78, 5) is 23.0. The van der Waals surface area contributed by atoms with Crippen molar-refractivity contribution in [3.63, 3.8) is 0 Å². The monoisotopic (exact) mass is 355 g/mol. The molecule has 0 radical (unpaired) electrons. The number of carbonyl (C=O) groups is 2. The van der Waals surface area contributed by atoms with Gasteiger partial charge in [0.05, 0.1) is 5.97 Å². The maximum atomic E-state index is 12.0. The second-order valence-electron chi connectivity index (χ2n) is 6.27. The van der Waals surface area contributed by atoms with Crippen molar-refractivity contribution in [2.24, 2.45) is 0 Å². The van der Waals surface area contributed by atoms with E-state index < -0.39 is 5.97 Å². The van der Waals surface area contributed by atoms with Crippen molar-refractivity contribution in [1.82, 2.24) is 5.32 Å². The van der Waals surface area contributed by atoms with Crippen LogP contribution in [0.5, 0.6) is 0 Å². The molecule has 0 saturated heterocycles. The van der Waals surface area contributed by atoms with Crippen LogP contribution in [0.2, 0.25) is 0 Å². The molecule has 5 heteroatoms. The van der Waals surface area contributed by atoms with Gasteiger partial charge in [-0.15, -0.1) is 0 Å². The van der Waals surface area contributed by atoms with E-state index in [1.54, 1.807) is 12.1 Å². The van der Waals surface area contributed by atoms with Crippen molar-refractivity contribution in [1.29, 1.82) is 0 Å². The molecule has 25 heavy (non-hydrogen) atoms. The number of hydrogen-bond donors (Lipinski definition) is 1. The van der Waals surface area contributed by atoms with E-state index in [2.05, 4.69) is 12.2 Å². The van der Waals surface area contributed by atoms with Gasteiger partial charge >= 0.3 is 29.6 Å². The molecule has 1 aromatic rings. The number of benzene rings is 1. The van der Waals surface area contributed by atoms with Gasteiger partial charge in [-0.25, -0.2) is 0 Å². The third-order valence-electron chi connectivity index (χ3n) is 4.21. The van der Waals surface area contributed by atoms with Crippen molar-refractivity contribution >= 4 is 11.9 Å². The maximum absolute atomic E-state index is 12.0. The minimum Gasteiger partial charge on any atom is -0.545 e. The topological polar surface area (TPSA) is 69.2 Å². The van der Waals surface area contributed by atoms with Crippen LogP contribution in [-0.4, -0.2) is 18.4 Å². The number of carboxylic acids is 1. The zero-order valence-electron chi connectivity index (χ0n) is 15.8. The van der Waals surface area contributed by atoms with E-state index in [1.165, 1.54) is 63.5 Å². The summed E-state index contributed by atoms with van der Waals surface area (Å²) < 4.78 is 0. The third-order valence-corrected chi connectivity index (χ3v) is 4.21. The minimum absolute atomic E-state index is 0. The molecule has 0 unspecified atom stereocenters. The Morgan fingerprint density at radius 1 is 0.840 bits per heavy atom. The smallest absolute Gasteiger partial charge is 0.545 e. The molecule has 0 fully saturated rings. The number of rotatable bonds is 13. The third kappa shape index (κ3) is 10.7. The van der Waals surface area contributed by atoms with E-state index in [1.807, 2.05) is 0 Å². The van der Waals surface area contributed by atoms with Gasteiger partial charge in [-0.3, -0.25) is 4.79 Å². The molecule has 0 aliphatic rings. The zero-order chi connectivity index (χ0) is 17.6. The predicted octanol–water partition coefficient (Wildman–Crippen LogP) is 0.705. The Bertz CT molecular complexity index is 505. The van der Waals surface area contributed by atoms with Crippen molar-refractivity contribution in [2.75, 3.05) is 6.54 Å². The fourth-order valence-electron chi connectivity index (χ4n) is 2.77. The van der Waals surface area contributed by atoms with Gasteiger partial charge < -0.3 is 15.2 Å². The van der Waals surface area contributed by atoms with Gasteiger partial charge in [0, 0.05) is 17.7 Å². The molecule has 0 atom stereocenters. The Hall–Kier alpha value is -0.840. The molecule has 1 N–H and O–H groups in total. The summed E-state index contributed by atoms with van der Waals surface area (Å²) in [6.45, 7) is 2.81. The summed E-state index contributed by atoms with van der Waals surface area (Å²) in [5.74, 6) is -1.66. The number of nitrogens with one attached hydrogen (secondary N) is 1. The van der Waals surface area contributed by atoms with Gasteiger partial charge in [0.25, 0.3) is 5.91 Å². The molecule has 0 aliphatic carbocycles. The Balaban J connectivity index is 0.00000576. The Labute approximate surface area is 174 Å². The van der Waals surface area contributed by atoms with Gasteiger partial charge in [0.1, 0.15) is 0 Å². The van der Waals surface area contributed by atoms with E-state index in [-0.39, 0.29) is 46.6 Å². The second kappa shape index (κ2) is 15.4. The molecule has 0 saturated carbocycles. The molecule has 0 aliphatic heterocycles. The minimum atomic E-state index is -1.32. The fraction of sp³-hybridized carbons (Fsp3) is 0.600. The van der Waals surface area contributed by atoms with Crippen LogP contribution in [0, 0.1) is 0 Å². The number of aromatic carboxylic acids is 1. The fourth-order valence-corrected chi connectivity index (χ4v) is 2.77. The molecule has 134 valence electrons. The first-order chi connectivity index (χ1) is 11.7. The average Bonchev–Trinajstić information content (AvgIpc) is 2.59. The van der Waals surface area contributed by atoms with Gasteiger partial charge in [-0.05, 0) is 12.5 Å². The van der Waals surface area contributed by atoms with Gasteiger partial charge in [0.2, 0.25) is 0 Å². The average molecular weight is 355 g/mol. The van der Waals surface area contributed by atoms with E-state index in [0.717, 1.165) is 12.8 Å². The molecular weight excluding hydrogens is 325 g/mol. The van der Waals surface area contributed by atoms with Crippen LogP contribution >= 0.6 is 0 Å². The van der Waals surface area contributed by atoms with E-state index in [4.69, 9.17) is 0 Å². The Morgan fingerprint density at radius 3 is 1.84 bits per heavy atom. The summed E-state index contributed by atoms with van der Waals surface area (Å²) in [6, 6.07) is 6.15. The van der Waals surface area contributed by atoms with Gasteiger partial charge in [-0.2, -0.15) is 0 Å². The Kier molecular flexibility index (Phi) is 14.9. The first-order valence-corrected chi connectivity index (χ1v) is 9.25. The molecule has 0 bridgehead atoms. The molecular formula is C20H30NNaO3. The van der Waals surface area contributed by atoms with Crippen LogP contribution in [0.25, 0.3) is 0 Å². The first kappa shape index (κ1) is 24.2. The second-order valence-corrected chi connectivity index (χ2v) is 6.27. The van der Waals surface area contributed by atoms with E-state index in [9.17, 15) is 14.7 Å². The number of hydrogen-bond acceptors (Lipinski definition) is 3. The van der Waals surface area contributed by atoms with Crippen LogP contribution in [-0.2, 0) is 0 Å². The summed E-state index contributed by atoms with van der Waals surface area (Å²) in [5.41, 5.74) is 0.114. The van der Waals surface area contributed by atoms with E-state index in [0.29, 0.717) is 6.54 Å². The molecule has 0 heterocycles. The summed E-state index contributed by atoms with van der Waals surface area (Å²) in [7, 11) is 0. The van der Waals surface area contributed by atoms with Gasteiger partial charge in [0.15, 0.2) is 0 Å². The summed E-state index contributed by atoms with van der Waals surface area (Å²) >= 11 is 0. The van der Waals surface area contributed by atoms with Crippen LogP contribution in [0.15, 0.2) is 24.3 Å². The largest absolute Gasteiger partial charge is 1.00 e. The van der Waals surface area contributed by atoms with Crippen molar-refractivity contribution < 1.29 is 44.3 Å². The van der Waals surface area contributed by atoms with Crippen LogP contribution in [0.4, 0.5) is 0 Å². The van der Waals surface area contributed by atoms with E-state index >= 15 is 0 Å². The predicted molar refractivity (Wildman–Crippen MR) is 94.9 cm³/mol. The molecule has 4 nitrogen and oxygen atoms in total. The van der Waals surface area contributed by atoms with Gasteiger partial charge in [-0.1, -0.05) is 82.9 Å². The Morgan fingerprint density at radius 2 is 1.32 bits per heavy atom.